The van der Waals surface area contributed by atoms with Crippen LogP contribution in [0.2, 0.25) is 0 Å². The van der Waals surface area contributed by atoms with Gasteiger partial charge in [-0.25, -0.2) is 4.98 Å². The number of rotatable bonds is 6. The predicted molar refractivity (Wildman–Crippen MR) is 70.4 cm³/mol. The second-order valence-electron chi connectivity index (χ2n) is 4.49. The van der Waals surface area contributed by atoms with Gasteiger partial charge in [0.1, 0.15) is 0 Å². The van der Waals surface area contributed by atoms with Crippen LogP contribution in [0.4, 0.5) is 11.5 Å². The summed E-state index contributed by atoms with van der Waals surface area (Å²) in [5, 5.41) is 19.9. The van der Waals surface area contributed by atoms with Crippen LogP contribution in [-0.2, 0) is 4.79 Å². The van der Waals surface area contributed by atoms with Gasteiger partial charge in [0.2, 0.25) is 5.82 Å². The van der Waals surface area contributed by atoms with Crippen molar-refractivity contribution >= 4 is 17.5 Å². The molecule has 1 rings (SSSR count). The number of carboxylic acid groups (broad SMARTS) is 1. The van der Waals surface area contributed by atoms with Crippen molar-refractivity contribution in [1.29, 1.82) is 0 Å². The topological polar surface area (TPSA) is 96.6 Å². The molecule has 19 heavy (non-hydrogen) atoms. The lowest BCUT2D eigenvalue weighted by molar-refractivity contribution is -0.384. The second-order valence-corrected chi connectivity index (χ2v) is 4.49. The van der Waals surface area contributed by atoms with Crippen LogP contribution in [0.25, 0.3) is 0 Å². The van der Waals surface area contributed by atoms with Gasteiger partial charge in [-0.2, -0.15) is 0 Å². The lowest BCUT2D eigenvalue weighted by Gasteiger charge is -2.27. The molecule has 0 radical (unpaired) electrons. The van der Waals surface area contributed by atoms with Gasteiger partial charge >= 0.3 is 11.7 Å². The average molecular weight is 267 g/mol. The fourth-order valence-corrected chi connectivity index (χ4v) is 1.80. The fourth-order valence-electron chi connectivity index (χ4n) is 1.80. The summed E-state index contributed by atoms with van der Waals surface area (Å²) in [6, 6.07) is 1.49. The first-order valence-corrected chi connectivity index (χ1v) is 5.93. The molecule has 7 nitrogen and oxygen atoms in total. The van der Waals surface area contributed by atoms with Crippen LogP contribution in [0.1, 0.15) is 25.8 Å². The Morgan fingerprint density at radius 1 is 1.58 bits per heavy atom. The van der Waals surface area contributed by atoms with Gasteiger partial charge in [0.05, 0.1) is 11.3 Å². The van der Waals surface area contributed by atoms with E-state index in [0.717, 1.165) is 0 Å². The quantitative estimate of drug-likeness (QED) is 0.625. The Balaban J connectivity index is 3.19. The molecule has 0 saturated heterocycles. The number of carbonyl (C=O) groups is 1. The summed E-state index contributed by atoms with van der Waals surface area (Å²) in [5.74, 6) is -0.720. The molecular formula is C12H17N3O4. The maximum Gasteiger partial charge on any atom is 0.314 e. The standard InChI is InChI=1S/C12H17N3O4/c1-8(2)14(7-5-10(16)17)12-11(15(18)19)9(3)4-6-13-12/h4,6,8H,5,7H2,1-3H3,(H,16,17). The summed E-state index contributed by atoms with van der Waals surface area (Å²) in [6.45, 7) is 5.51. The van der Waals surface area contributed by atoms with E-state index in [0.29, 0.717) is 5.56 Å². The highest BCUT2D eigenvalue weighted by atomic mass is 16.6. The first-order valence-electron chi connectivity index (χ1n) is 5.93. The van der Waals surface area contributed by atoms with Gasteiger partial charge in [0.25, 0.3) is 0 Å². The molecule has 1 heterocycles. The van der Waals surface area contributed by atoms with Crippen LogP contribution in [0.3, 0.4) is 0 Å². The van der Waals surface area contributed by atoms with E-state index < -0.39 is 10.9 Å². The van der Waals surface area contributed by atoms with E-state index in [9.17, 15) is 14.9 Å². The van der Waals surface area contributed by atoms with Crippen LogP contribution in [0.5, 0.6) is 0 Å². The number of hydrogen-bond donors (Lipinski definition) is 1. The van der Waals surface area contributed by atoms with E-state index in [-0.39, 0.29) is 30.5 Å². The van der Waals surface area contributed by atoms with Crippen molar-refractivity contribution in [3.05, 3.63) is 27.9 Å². The highest BCUT2D eigenvalue weighted by Crippen LogP contribution is 2.30. The van der Waals surface area contributed by atoms with Crippen LogP contribution in [-0.4, -0.2) is 33.6 Å². The van der Waals surface area contributed by atoms with Gasteiger partial charge in [-0.05, 0) is 26.8 Å². The van der Waals surface area contributed by atoms with E-state index in [1.165, 1.54) is 6.20 Å². The van der Waals surface area contributed by atoms with Crippen molar-refractivity contribution in [2.75, 3.05) is 11.4 Å². The average Bonchev–Trinajstić information content (AvgIpc) is 2.27. The molecule has 0 atom stereocenters. The highest BCUT2D eigenvalue weighted by molar-refractivity contribution is 5.68. The number of hydrogen-bond acceptors (Lipinski definition) is 5. The first-order chi connectivity index (χ1) is 8.84. The van der Waals surface area contributed by atoms with Crippen molar-refractivity contribution < 1.29 is 14.8 Å². The van der Waals surface area contributed by atoms with Gasteiger partial charge < -0.3 is 10.0 Å². The van der Waals surface area contributed by atoms with E-state index in [4.69, 9.17) is 5.11 Å². The maximum atomic E-state index is 11.1. The van der Waals surface area contributed by atoms with Crippen LogP contribution >= 0.6 is 0 Å². The number of aryl methyl sites for hydroxylation is 1. The number of nitrogens with zero attached hydrogens (tertiary/aromatic N) is 3. The summed E-state index contributed by atoms with van der Waals surface area (Å²) in [4.78, 5) is 27.0. The van der Waals surface area contributed by atoms with Crippen molar-refractivity contribution in [2.45, 2.75) is 33.2 Å². The third-order valence-electron chi connectivity index (χ3n) is 2.75. The minimum Gasteiger partial charge on any atom is -0.481 e. The number of pyridine rings is 1. The number of anilines is 1. The molecule has 1 aromatic heterocycles. The van der Waals surface area contributed by atoms with E-state index in [2.05, 4.69) is 4.98 Å². The molecule has 0 fully saturated rings. The summed E-state index contributed by atoms with van der Waals surface area (Å²) in [5.41, 5.74) is 0.442. The Morgan fingerprint density at radius 3 is 2.68 bits per heavy atom. The Morgan fingerprint density at radius 2 is 2.21 bits per heavy atom. The summed E-state index contributed by atoms with van der Waals surface area (Å²) in [7, 11) is 0. The molecule has 0 aliphatic heterocycles. The third kappa shape index (κ3) is 3.64. The Hall–Kier alpha value is -2.18. The normalized spacial score (nSPS) is 10.5. The summed E-state index contributed by atoms with van der Waals surface area (Å²) in [6.07, 6.45) is 1.40. The molecule has 0 aliphatic carbocycles. The molecule has 0 aliphatic rings. The molecule has 1 aromatic rings. The van der Waals surface area contributed by atoms with Gasteiger partial charge in [-0.1, -0.05) is 0 Å². The molecule has 0 spiro atoms. The van der Waals surface area contributed by atoms with Crippen LogP contribution in [0.15, 0.2) is 12.3 Å². The van der Waals surface area contributed by atoms with E-state index in [1.807, 2.05) is 13.8 Å². The molecule has 104 valence electrons. The summed E-state index contributed by atoms with van der Waals surface area (Å²) >= 11 is 0. The van der Waals surface area contributed by atoms with Crippen molar-refractivity contribution in [3.63, 3.8) is 0 Å². The Bertz CT molecular complexity index is 488. The van der Waals surface area contributed by atoms with E-state index >= 15 is 0 Å². The Labute approximate surface area is 111 Å². The van der Waals surface area contributed by atoms with Gasteiger partial charge in [-0.15, -0.1) is 0 Å². The monoisotopic (exact) mass is 267 g/mol. The molecule has 0 unspecified atom stereocenters. The van der Waals surface area contributed by atoms with Crippen molar-refractivity contribution in [1.82, 2.24) is 4.98 Å². The summed E-state index contributed by atoms with van der Waals surface area (Å²) < 4.78 is 0. The number of nitro groups is 1. The smallest absolute Gasteiger partial charge is 0.314 e. The minimum atomic E-state index is -0.944. The zero-order valence-electron chi connectivity index (χ0n) is 11.2. The van der Waals surface area contributed by atoms with Crippen LogP contribution < -0.4 is 4.90 Å². The van der Waals surface area contributed by atoms with E-state index in [1.54, 1.807) is 17.9 Å². The fraction of sp³-hybridized carbons (Fsp3) is 0.500. The zero-order valence-corrected chi connectivity index (χ0v) is 11.2. The van der Waals surface area contributed by atoms with Gasteiger partial charge in [-0.3, -0.25) is 14.9 Å². The molecule has 7 heteroatoms. The van der Waals surface area contributed by atoms with Crippen molar-refractivity contribution in [3.8, 4) is 0 Å². The van der Waals surface area contributed by atoms with Crippen LogP contribution in [0, 0.1) is 17.0 Å². The molecule has 1 N–H and O–H groups in total. The van der Waals surface area contributed by atoms with Crippen molar-refractivity contribution in [2.24, 2.45) is 0 Å². The van der Waals surface area contributed by atoms with Gasteiger partial charge in [0, 0.05) is 24.3 Å². The molecule has 0 saturated carbocycles. The second kappa shape index (κ2) is 6.12. The number of aromatic nitrogens is 1. The third-order valence-corrected chi connectivity index (χ3v) is 2.75. The lowest BCUT2D eigenvalue weighted by Crippen LogP contribution is -2.34. The molecule has 0 amide bonds. The predicted octanol–water partition coefficient (Wildman–Crippen LogP) is 1.99. The molecule has 0 bridgehead atoms. The van der Waals surface area contributed by atoms with Gasteiger partial charge in [0.15, 0.2) is 0 Å². The Kier molecular flexibility index (Phi) is 4.80. The zero-order chi connectivity index (χ0) is 14.6. The highest BCUT2D eigenvalue weighted by Gasteiger charge is 2.25. The molecular weight excluding hydrogens is 250 g/mol. The SMILES string of the molecule is Cc1ccnc(N(CCC(=O)O)C(C)C)c1[N+](=O)[O-]. The molecule has 0 aromatic carbocycles. The largest absolute Gasteiger partial charge is 0.481 e. The first kappa shape index (κ1) is 14.9. The lowest BCUT2D eigenvalue weighted by atomic mass is 10.2. The number of carboxylic acids is 1. The number of aliphatic carboxylic acids is 1. The minimum absolute atomic E-state index is 0.0680. The maximum absolute atomic E-state index is 11.1.